The summed E-state index contributed by atoms with van der Waals surface area (Å²) in [5, 5.41) is 7.07. The van der Waals surface area contributed by atoms with E-state index in [0.29, 0.717) is 10.0 Å². The first-order valence-electron chi connectivity index (χ1n) is 5.57. The average Bonchev–Trinajstić information content (AvgIpc) is 2.76. The van der Waals surface area contributed by atoms with Gasteiger partial charge in [-0.25, -0.2) is 12.8 Å². The van der Waals surface area contributed by atoms with E-state index in [4.69, 9.17) is 10.7 Å². The molecule has 0 unspecified atom stereocenters. The summed E-state index contributed by atoms with van der Waals surface area (Å²) >= 11 is 3.28. The molecule has 0 radical (unpaired) electrons. The molecule has 0 saturated carbocycles. The molecule has 2 rings (SSSR count). The van der Waals surface area contributed by atoms with Crippen molar-refractivity contribution in [1.82, 2.24) is 14.8 Å². The van der Waals surface area contributed by atoms with Crippen molar-refractivity contribution in [2.45, 2.75) is 25.0 Å². The van der Waals surface area contributed by atoms with Gasteiger partial charge in [0.25, 0.3) is 14.2 Å². The Hall–Kier alpha value is -0.990. The minimum atomic E-state index is -4.04. The molecule has 5 nitrogen and oxygen atoms in total. The van der Waals surface area contributed by atoms with Crippen LogP contribution in [0.1, 0.15) is 19.9 Å². The third-order valence-corrected chi connectivity index (χ3v) is 4.39. The minimum absolute atomic E-state index is 0.227. The Morgan fingerprint density at radius 1 is 1.35 bits per heavy atom. The monoisotopic (exact) mass is 381 g/mol. The number of hydrogen-bond acceptors (Lipinski definition) is 4. The van der Waals surface area contributed by atoms with Gasteiger partial charge in [0.15, 0.2) is 5.82 Å². The van der Waals surface area contributed by atoms with E-state index < -0.39 is 14.9 Å². The first-order chi connectivity index (χ1) is 9.21. The highest BCUT2D eigenvalue weighted by Gasteiger charge is 2.26. The lowest BCUT2D eigenvalue weighted by Crippen LogP contribution is -2.10. The number of benzene rings is 1. The van der Waals surface area contributed by atoms with Gasteiger partial charge in [0.2, 0.25) is 0 Å². The van der Waals surface area contributed by atoms with Gasteiger partial charge in [0.1, 0.15) is 5.82 Å². The maximum absolute atomic E-state index is 13.4. The van der Waals surface area contributed by atoms with Gasteiger partial charge in [-0.3, -0.25) is 4.57 Å². The summed E-state index contributed by atoms with van der Waals surface area (Å²) in [6, 6.07) is 3.78. The molecule has 9 heteroatoms. The third kappa shape index (κ3) is 2.87. The van der Waals surface area contributed by atoms with Crippen molar-refractivity contribution in [3.8, 4) is 11.4 Å². The fourth-order valence-electron chi connectivity index (χ4n) is 1.76. The Balaban J connectivity index is 2.76. The molecule has 2 aromatic rings. The number of rotatable bonds is 3. The molecule has 0 saturated heterocycles. The lowest BCUT2D eigenvalue weighted by atomic mass is 10.2. The van der Waals surface area contributed by atoms with E-state index in [0.717, 1.165) is 0 Å². The number of aromatic nitrogens is 3. The van der Waals surface area contributed by atoms with Crippen LogP contribution in [-0.2, 0) is 9.05 Å². The SMILES string of the molecule is CC(C)n1c(-c2cc(F)ccc2Br)nnc1S(=O)(=O)Cl. The summed E-state index contributed by atoms with van der Waals surface area (Å²) < 4.78 is 38.3. The summed E-state index contributed by atoms with van der Waals surface area (Å²) in [5.41, 5.74) is 0.401. The molecule has 0 spiro atoms. The van der Waals surface area contributed by atoms with Crippen LogP contribution in [-0.4, -0.2) is 23.2 Å². The highest BCUT2D eigenvalue weighted by atomic mass is 79.9. The van der Waals surface area contributed by atoms with E-state index in [2.05, 4.69) is 26.1 Å². The zero-order chi connectivity index (χ0) is 15.1. The van der Waals surface area contributed by atoms with Crippen molar-refractivity contribution >= 4 is 35.7 Å². The van der Waals surface area contributed by atoms with Crippen LogP contribution in [0.4, 0.5) is 4.39 Å². The first-order valence-corrected chi connectivity index (χ1v) is 8.67. The number of halogens is 3. The molecule has 0 aliphatic carbocycles. The fourth-order valence-corrected chi connectivity index (χ4v) is 3.17. The first kappa shape index (κ1) is 15.4. The molecule has 0 atom stereocenters. The van der Waals surface area contributed by atoms with E-state index in [1.165, 1.54) is 22.8 Å². The van der Waals surface area contributed by atoms with Crippen molar-refractivity contribution in [2.24, 2.45) is 0 Å². The van der Waals surface area contributed by atoms with Crippen molar-refractivity contribution in [1.29, 1.82) is 0 Å². The predicted molar refractivity (Wildman–Crippen MR) is 76.5 cm³/mol. The second-order valence-corrected chi connectivity index (χ2v) is 7.65. The predicted octanol–water partition coefficient (Wildman–Crippen LogP) is 3.36. The molecule has 1 heterocycles. The van der Waals surface area contributed by atoms with Crippen molar-refractivity contribution in [3.63, 3.8) is 0 Å². The van der Waals surface area contributed by atoms with E-state index in [1.54, 1.807) is 13.8 Å². The number of nitrogens with zero attached hydrogens (tertiary/aromatic N) is 3. The Morgan fingerprint density at radius 3 is 2.55 bits per heavy atom. The lowest BCUT2D eigenvalue weighted by Gasteiger charge is -2.13. The van der Waals surface area contributed by atoms with E-state index in [9.17, 15) is 12.8 Å². The molecule has 20 heavy (non-hydrogen) atoms. The Bertz CT molecular complexity index is 761. The van der Waals surface area contributed by atoms with Gasteiger partial charge in [0, 0.05) is 26.8 Å². The highest BCUT2D eigenvalue weighted by molar-refractivity contribution is 9.10. The molecule has 0 aliphatic rings. The molecule has 1 aromatic heterocycles. The van der Waals surface area contributed by atoms with Crippen LogP contribution in [0.2, 0.25) is 0 Å². The van der Waals surface area contributed by atoms with E-state index in [1.807, 2.05) is 0 Å². The largest absolute Gasteiger partial charge is 0.296 e. The highest BCUT2D eigenvalue weighted by Crippen LogP contribution is 2.31. The molecule has 0 aliphatic heterocycles. The fraction of sp³-hybridized carbons (Fsp3) is 0.273. The summed E-state index contributed by atoms with van der Waals surface area (Å²) in [6.45, 7) is 3.51. The quantitative estimate of drug-likeness (QED) is 0.764. The average molecular weight is 383 g/mol. The molecule has 0 fully saturated rings. The van der Waals surface area contributed by atoms with Gasteiger partial charge in [-0.2, -0.15) is 0 Å². The standard InChI is InChI=1S/C11H10BrClFN3O2S/c1-6(2)17-10(15-16-11(17)20(13,18)19)8-5-7(14)3-4-9(8)12/h3-6H,1-2H3. The van der Waals surface area contributed by atoms with Crippen molar-refractivity contribution in [3.05, 3.63) is 28.5 Å². The Kier molecular flexibility index (Phi) is 4.17. The zero-order valence-electron chi connectivity index (χ0n) is 10.5. The maximum Gasteiger partial charge on any atom is 0.296 e. The number of hydrogen-bond donors (Lipinski definition) is 0. The van der Waals surface area contributed by atoms with Crippen LogP contribution in [0.3, 0.4) is 0 Å². The molecule has 0 bridgehead atoms. The van der Waals surface area contributed by atoms with Gasteiger partial charge < -0.3 is 0 Å². The zero-order valence-corrected chi connectivity index (χ0v) is 13.7. The van der Waals surface area contributed by atoms with E-state index in [-0.39, 0.29) is 17.0 Å². The van der Waals surface area contributed by atoms with Crippen LogP contribution >= 0.6 is 26.6 Å². The summed E-state index contributed by atoms with van der Waals surface area (Å²) in [4.78, 5) is 0. The second kappa shape index (κ2) is 5.42. The topological polar surface area (TPSA) is 64.8 Å². The summed E-state index contributed by atoms with van der Waals surface area (Å²) in [6.07, 6.45) is 0. The lowest BCUT2D eigenvalue weighted by molar-refractivity contribution is 0.530. The van der Waals surface area contributed by atoms with Crippen molar-refractivity contribution < 1.29 is 12.8 Å². The Labute approximate surface area is 128 Å². The van der Waals surface area contributed by atoms with Gasteiger partial charge in [-0.15, -0.1) is 10.2 Å². The molecular weight excluding hydrogens is 373 g/mol. The second-order valence-electron chi connectivity index (χ2n) is 4.33. The Morgan fingerprint density at radius 2 is 2.00 bits per heavy atom. The third-order valence-electron chi connectivity index (χ3n) is 2.57. The van der Waals surface area contributed by atoms with Gasteiger partial charge >= 0.3 is 0 Å². The summed E-state index contributed by atoms with van der Waals surface area (Å²) in [5.74, 6) is -0.234. The molecule has 108 valence electrons. The maximum atomic E-state index is 13.4. The van der Waals surface area contributed by atoms with E-state index >= 15 is 0 Å². The van der Waals surface area contributed by atoms with Crippen LogP contribution < -0.4 is 0 Å². The van der Waals surface area contributed by atoms with Crippen LogP contribution in [0.15, 0.2) is 27.8 Å². The van der Waals surface area contributed by atoms with Crippen LogP contribution in [0, 0.1) is 5.82 Å². The minimum Gasteiger partial charge on any atom is -0.294 e. The normalized spacial score (nSPS) is 12.1. The smallest absolute Gasteiger partial charge is 0.294 e. The van der Waals surface area contributed by atoms with Gasteiger partial charge in [0.05, 0.1) is 0 Å². The summed E-state index contributed by atoms with van der Waals surface area (Å²) in [7, 11) is 1.31. The molecular formula is C11H10BrClFN3O2S. The van der Waals surface area contributed by atoms with Crippen LogP contribution in [0.25, 0.3) is 11.4 Å². The van der Waals surface area contributed by atoms with Gasteiger partial charge in [-0.1, -0.05) is 15.9 Å². The van der Waals surface area contributed by atoms with Gasteiger partial charge in [-0.05, 0) is 32.0 Å². The molecule has 1 aromatic carbocycles. The molecule has 0 amide bonds. The van der Waals surface area contributed by atoms with Crippen LogP contribution in [0.5, 0.6) is 0 Å². The molecule has 0 N–H and O–H groups in total. The van der Waals surface area contributed by atoms with Crippen molar-refractivity contribution in [2.75, 3.05) is 0 Å².